The Morgan fingerprint density at radius 2 is 2.12 bits per heavy atom. The molecule has 2 rings (SSSR count). The summed E-state index contributed by atoms with van der Waals surface area (Å²) in [6, 6.07) is 2.35. The summed E-state index contributed by atoms with van der Waals surface area (Å²) in [6.45, 7) is 0. The average molecular weight is 231 g/mol. The second-order valence-electron chi connectivity index (χ2n) is 2.79. The van der Waals surface area contributed by atoms with Crippen LogP contribution in [0.25, 0.3) is 5.69 Å². The number of aromatic nitrogens is 5. The van der Waals surface area contributed by atoms with Crippen molar-refractivity contribution in [3.8, 4) is 5.69 Å². The fraction of sp³-hybridized carbons (Fsp3) is 0.143. The first-order chi connectivity index (χ1) is 7.50. The number of tetrazole rings is 1. The normalized spacial score (nSPS) is 11.7. The van der Waals surface area contributed by atoms with Crippen molar-refractivity contribution in [1.82, 2.24) is 25.2 Å². The van der Waals surface area contributed by atoms with E-state index in [2.05, 4.69) is 15.4 Å². The van der Waals surface area contributed by atoms with Gasteiger partial charge in [0.1, 0.15) is 5.69 Å². The van der Waals surface area contributed by atoms with E-state index in [4.69, 9.17) is 0 Å². The molecule has 0 amide bonds. The number of hydrogen-bond acceptors (Lipinski definition) is 4. The molecule has 0 aliphatic carbocycles. The molecule has 0 bridgehead atoms. The first kappa shape index (κ1) is 10.3. The Kier molecular flexibility index (Phi) is 2.22. The molecule has 0 unspecified atom stereocenters. The first-order valence-corrected chi connectivity index (χ1v) is 4.03. The van der Waals surface area contributed by atoms with Gasteiger partial charge in [-0.05, 0) is 22.6 Å². The van der Waals surface area contributed by atoms with Crippen LogP contribution in [-0.2, 0) is 6.18 Å². The van der Waals surface area contributed by atoms with Crippen molar-refractivity contribution in [2.75, 3.05) is 0 Å². The number of halogens is 3. The van der Waals surface area contributed by atoms with Gasteiger partial charge in [0.05, 0.1) is 0 Å². The summed E-state index contributed by atoms with van der Waals surface area (Å²) in [7, 11) is 0. The van der Waals surface area contributed by atoms with Gasteiger partial charge in [-0.3, -0.25) is 0 Å². The van der Waals surface area contributed by atoms with Gasteiger partial charge in [0, 0.05) is 6.20 Å². The molecular weight excluding hydrogens is 227 g/mol. The molecule has 2 heterocycles. The number of rotatable bonds is 1. The highest BCUT2D eigenvalue weighted by Gasteiger charge is 2.36. The van der Waals surface area contributed by atoms with Gasteiger partial charge in [0.2, 0.25) is 0 Å². The zero-order chi connectivity index (χ0) is 11.8. The van der Waals surface area contributed by atoms with Gasteiger partial charge in [0.25, 0.3) is 0 Å². The molecule has 1 N–H and O–H groups in total. The molecule has 0 aliphatic heterocycles. The lowest BCUT2D eigenvalue weighted by molar-refractivity contribution is -0.141. The van der Waals surface area contributed by atoms with Gasteiger partial charge in [-0.15, -0.1) is 0 Å². The van der Waals surface area contributed by atoms with Crippen molar-refractivity contribution in [3.63, 3.8) is 0 Å². The molecule has 84 valence electrons. The molecule has 0 aromatic carbocycles. The Labute approximate surface area is 85.7 Å². The third-order valence-electron chi connectivity index (χ3n) is 1.76. The predicted molar refractivity (Wildman–Crippen MR) is 44.8 cm³/mol. The van der Waals surface area contributed by atoms with E-state index in [1.165, 1.54) is 6.07 Å². The van der Waals surface area contributed by atoms with Crippen molar-refractivity contribution in [1.29, 1.82) is 0 Å². The highest BCUT2D eigenvalue weighted by molar-refractivity contribution is 5.36. The molecule has 0 radical (unpaired) electrons. The summed E-state index contributed by atoms with van der Waals surface area (Å²) in [5, 5.41) is 8.22. The molecule has 0 saturated heterocycles. The Bertz CT molecular complexity index is 557. The summed E-state index contributed by atoms with van der Waals surface area (Å²) in [5.74, 6) is 0. The lowest BCUT2D eigenvalue weighted by atomic mass is 10.3. The molecule has 6 nitrogen and oxygen atoms in total. The van der Waals surface area contributed by atoms with Crippen molar-refractivity contribution in [3.05, 3.63) is 34.5 Å². The second-order valence-corrected chi connectivity index (χ2v) is 2.79. The van der Waals surface area contributed by atoms with Crippen molar-refractivity contribution < 1.29 is 13.2 Å². The summed E-state index contributed by atoms with van der Waals surface area (Å²) >= 11 is 0. The van der Waals surface area contributed by atoms with Gasteiger partial charge < -0.3 is 0 Å². The minimum atomic E-state index is -4.66. The predicted octanol–water partition coefficient (Wildman–Crippen LogP) is 0.369. The Hall–Kier alpha value is -2.19. The molecule has 16 heavy (non-hydrogen) atoms. The summed E-state index contributed by atoms with van der Waals surface area (Å²) in [4.78, 5) is 14.3. The zero-order valence-electron chi connectivity index (χ0n) is 7.56. The minimum absolute atomic E-state index is 0.464. The van der Waals surface area contributed by atoms with Crippen LogP contribution in [0, 0.1) is 0 Å². The molecule has 0 atom stereocenters. The van der Waals surface area contributed by atoms with Crippen LogP contribution in [0.5, 0.6) is 0 Å². The molecule has 2 aromatic rings. The summed E-state index contributed by atoms with van der Waals surface area (Å²) < 4.78 is 38.1. The zero-order valence-corrected chi connectivity index (χ0v) is 7.56. The SMILES string of the molecule is O=c1[nH]nnn1-c1cccnc1C(F)(F)F. The second kappa shape index (κ2) is 3.43. The van der Waals surface area contributed by atoms with Gasteiger partial charge in [-0.25, -0.2) is 14.9 Å². The lowest BCUT2D eigenvalue weighted by Gasteiger charge is -2.09. The van der Waals surface area contributed by atoms with E-state index in [0.29, 0.717) is 4.68 Å². The quantitative estimate of drug-likeness (QED) is 0.769. The summed E-state index contributed by atoms with van der Waals surface area (Å²) in [5.41, 5.74) is -2.52. The number of nitrogens with one attached hydrogen (secondary N) is 1. The van der Waals surface area contributed by atoms with E-state index in [9.17, 15) is 18.0 Å². The van der Waals surface area contributed by atoms with E-state index in [-0.39, 0.29) is 0 Å². The number of hydrogen-bond donors (Lipinski definition) is 1. The smallest absolute Gasteiger partial charge is 0.250 e. The molecular formula is C7H4F3N5O. The van der Waals surface area contributed by atoms with E-state index < -0.39 is 23.2 Å². The average Bonchev–Trinajstić information content (AvgIpc) is 2.63. The van der Waals surface area contributed by atoms with Crippen LogP contribution in [0.1, 0.15) is 5.69 Å². The van der Waals surface area contributed by atoms with E-state index in [1.807, 2.05) is 5.10 Å². The van der Waals surface area contributed by atoms with E-state index >= 15 is 0 Å². The van der Waals surface area contributed by atoms with Crippen molar-refractivity contribution >= 4 is 0 Å². The van der Waals surface area contributed by atoms with Crippen LogP contribution in [0.2, 0.25) is 0 Å². The number of H-pyrrole nitrogens is 1. The Morgan fingerprint density at radius 1 is 1.38 bits per heavy atom. The fourth-order valence-electron chi connectivity index (χ4n) is 1.14. The maximum absolute atomic E-state index is 12.5. The summed E-state index contributed by atoms with van der Waals surface area (Å²) in [6.07, 6.45) is -3.67. The minimum Gasteiger partial charge on any atom is -0.250 e. The molecule has 0 aliphatic rings. The van der Waals surface area contributed by atoms with Crippen LogP contribution in [-0.4, -0.2) is 25.2 Å². The number of nitrogens with zero attached hydrogens (tertiary/aromatic N) is 4. The van der Waals surface area contributed by atoms with Crippen molar-refractivity contribution in [2.24, 2.45) is 0 Å². The molecule has 0 saturated carbocycles. The molecule has 9 heteroatoms. The Balaban J connectivity index is 2.67. The van der Waals surface area contributed by atoms with Crippen LogP contribution >= 0.6 is 0 Å². The standard InChI is InChI=1S/C7H4F3N5O/c8-7(9,10)5-4(2-1-3-11-5)15-6(16)12-13-14-15/h1-3H,(H,12,14,16). The number of pyridine rings is 1. The maximum atomic E-state index is 12.5. The fourth-order valence-corrected chi connectivity index (χ4v) is 1.14. The first-order valence-electron chi connectivity index (χ1n) is 4.03. The maximum Gasteiger partial charge on any atom is 0.435 e. The lowest BCUT2D eigenvalue weighted by Crippen LogP contribution is -2.21. The van der Waals surface area contributed by atoms with Crippen molar-refractivity contribution in [2.45, 2.75) is 6.18 Å². The van der Waals surface area contributed by atoms with Gasteiger partial charge in [-0.1, -0.05) is 0 Å². The van der Waals surface area contributed by atoms with Gasteiger partial charge >= 0.3 is 11.9 Å². The molecule has 0 spiro atoms. The van der Waals surface area contributed by atoms with E-state index in [0.717, 1.165) is 12.3 Å². The van der Waals surface area contributed by atoms with E-state index in [1.54, 1.807) is 0 Å². The van der Waals surface area contributed by atoms with Crippen LogP contribution < -0.4 is 5.69 Å². The third-order valence-corrected chi connectivity index (χ3v) is 1.76. The van der Waals surface area contributed by atoms with Crippen LogP contribution in [0.3, 0.4) is 0 Å². The number of aromatic amines is 1. The Morgan fingerprint density at radius 3 is 2.69 bits per heavy atom. The topological polar surface area (TPSA) is 76.5 Å². The monoisotopic (exact) mass is 231 g/mol. The largest absolute Gasteiger partial charge is 0.435 e. The third kappa shape index (κ3) is 1.66. The molecule has 0 fully saturated rings. The van der Waals surface area contributed by atoms with Gasteiger partial charge in [-0.2, -0.15) is 17.9 Å². The molecule has 2 aromatic heterocycles. The highest BCUT2D eigenvalue weighted by Crippen LogP contribution is 2.30. The highest BCUT2D eigenvalue weighted by atomic mass is 19.4. The van der Waals surface area contributed by atoms with Gasteiger partial charge in [0.15, 0.2) is 5.69 Å². The van der Waals surface area contributed by atoms with Crippen LogP contribution in [0.4, 0.5) is 13.2 Å². The number of alkyl halides is 3. The van der Waals surface area contributed by atoms with Crippen LogP contribution in [0.15, 0.2) is 23.1 Å².